The standard InChI is InChI=1S/C25H23N5O2S2/c1-30(2)14-16-4-6-17(7-5-16)24-20(13-28-29-24)18-8-9-21-19(12-18)25(27-15-26-21)22-10-11-23(33-22)34(3,31)32/h4-13,15H,14H2,1-3H3,(H,28,29). The fourth-order valence-corrected chi connectivity index (χ4v) is 5.87. The van der Waals surface area contributed by atoms with E-state index in [1.165, 1.54) is 29.5 Å². The average molecular weight is 490 g/mol. The number of nitrogens with zero attached hydrogens (tertiary/aromatic N) is 4. The van der Waals surface area contributed by atoms with Gasteiger partial charge in [-0.2, -0.15) is 5.10 Å². The number of H-pyrrole nitrogens is 1. The Morgan fingerprint density at radius 2 is 1.71 bits per heavy atom. The number of rotatable bonds is 6. The fourth-order valence-electron chi connectivity index (χ4n) is 3.93. The van der Waals surface area contributed by atoms with Gasteiger partial charge in [-0.15, -0.1) is 11.3 Å². The predicted octanol–water partition coefficient (Wildman–Crippen LogP) is 4.88. The Bertz CT molecular complexity index is 1590. The van der Waals surface area contributed by atoms with Crippen LogP contribution >= 0.6 is 11.3 Å². The van der Waals surface area contributed by atoms with E-state index in [4.69, 9.17) is 0 Å². The molecule has 5 aromatic rings. The van der Waals surface area contributed by atoms with Gasteiger partial charge in [-0.25, -0.2) is 18.4 Å². The maximum atomic E-state index is 12.0. The van der Waals surface area contributed by atoms with Gasteiger partial charge in [0.15, 0.2) is 9.84 Å². The second-order valence-corrected chi connectivity index (χ2v) is 11.8. The van der Waals surface area contributed by atoms with Crippen molar-refractivity contribution < 1.29 is 8.42 Å². The highest BCUT2D eigenvalue weighted by Crippen LogP contribution is 2.36. The number of nitrogens with one attached hydrogen (secondary N) is 1. The maximum absolute atomic E-state index is 12.0. The molecular formula is C25H23N5O2S2. The van der Waals surface area contributed by atoms with E-state index in [9.17, 15) is 8.42 Å². The Morgan fingerprint density at radius 3 is 2.41 bits per heavy atom. The number of sulfone groups is 1. The molecule has 0 saturated carbocycles. The Balaban J connectivity index is 1.57. The van der Waals surface area contributed by atoms with Gasteiger partial charge in [0, 0.05) is 35.5 Å². The first-order chi connectivity index (χ1) is 16.3. The Morgan fingerprint density at radius 1 is 0.941 bits per heavy atom. The number of hydrogen-bond donors (Lipinski definition) is 1. The van der Waals surface area contributed by atoms with Crippen LogP contribution in [0.25, 0.3) is 43.9 Å². The summed E-state index contributed by atoms with van der Waals surface area (Å²) in [5, 5.41) is 8.37. The summed E-state index contributed by atoms with van der Waals surface area (Å²) >= 11 is 1.22. The summed E-state index contributed by atoms with van der Waals surface area (Å²) in [6.45, 7) is 0.880. The zero-order valence-corrected chi connectivity index (χ0v) is 20.6. The smallest absolute Gasteiger partial charge is 0.184 e. The lowest BCUT2D eigenvalue weighted by Gasteiger charge is -2.10. The Kier molecular flexibility index (Phi) is 5.76. The van der Waals surface area contributed by atoms with E-state index in [1.807, 2.05) is 24.4 Å². The Labute approximate surface area is 202 Å². The minimum Gasteiger partial charge on any atom is -0.305 e. The van der Waals surface area contributed by atoms with Crippen molar-refractivity contribution in [1.29, 1.82) is 0 Å². The predicted molar refractivity (Wildman–Crippen MR) is 136 cm³/mol. The van der Waals surface area contributed by atoms with Crippen molar-refractivity contribution >= 4 is 32.1 Å². The Hall–Kier alpha value is -3.40. The molecule has 0 amide bonds. The van der Waals surface area contributed by atoms with Crippen LogP contribution in [0.1, 0.15) is 5.56 Å². The SMILES string of the molecule is CN(C)Cc1ccc(-c2n[nH]cc2-c2ccc3ncnc(-c4ccc(S(C)(=O)=O)s4)c3c2)cc1. The molecule has 0 atom stereocenters. The summed E-state index contributed by atoms with van der Waals surface area (Å²) in [6, 6.07) is 17.9. The van der Waals surface area contributed by atoms with E-state index in [0.29, 0.717) is 9.90 Å². The molecule has 0 aliphatic rings. The molecular weight excluding hydrogens is 466 g/mol. The maximum Gasteiger partial charge on any atom is 0.184 e. The molecule has 0 spiro atoms. The molecule has 0 fully saturated rings. The van der Waals surface area contributed by atoms with Crippen LogP contribution in [0.5, 0.6) is 0 Å². The van der Waals surface area contributed by atoms with Crippen LogP contribution in [0.4, 0.5) is 0 Å². The number of benzene rings is 2. The third-order valence-electron chi connectivity index (χ3n) is 5.49. The summed E-state index contributed by atoms with van der Waals surface area (Å²) in [7, 11) is 0.829. The minimum atomic E-state index is -3.27. The van der Waals surface area contributed by atoms with Crippen molar-refractivity contribution in [2.45, 2.75) is 10.8 Å². The van der Waals surface area contributed by atoms with Crippen LogP contribution in [-0.4, -0.2) is 53.8 Å². The first-order valence-corrected chi connectivity index (χ1v) is 13.3. The lowest BCUT2D eigenvalue weighted by Crippen LogP contribution is -2.10. The van der Waals surface area contributed by atoms with Gasteiger partial charge >= 0.3 is 0 Å². The van der Waals surface area contributed by atoms with Crippen LogP contribution in [0.3, 0.4) is 0 Å². The van der Waals surface area contributed by atoms with Gasteiger partial charge in [0.25, 0.3) is 0 Å². The second kappa shape index (κ2) is 8.75. The molecule has 2 aromatic carbocycles. The summed E-state index contributed by atoms with van der Waals surface area (Å²) in [4.78, 5) is 11.8. The van der Waals surface area contributed by atoms with Crippen molar-refractivity contribution in [1.82, 2.24) is 25.1 Å². The van der Waals surface area contributed by atoms with Gasteiger partial charge in [0.1, 0.15) is 10.5 Å². The monoisotopic (exact) mass is 489 g/mol. The molecule has 0 aliphatic heterocycles. The molecule has 0 aliphatic carbocycles. The first-order valence-electron chi connectivity index (χ1n) is 10.6. The highest BCUT2D eigenvalue weighted by molar-refractivity contribution is 7.92. The zero-order valence-electron chi connectivity index (χ0n) is 19.0. The third kappa shape index (κ3) is 4.37. The van der Waals surface area contributed by atoms with Gasteiger partial charge in [-0.1, -0.05) is 30.3 Å². The van der Waals surface area contributed by atoms with Crippen LogP contribution in [0.15, 0.2) is 71.3 Å². The van der Waals surface area contributed by atoms with Crippen LogP contribution in [0.2, 0.25) is 0 Å². The number of fused-ring (bicyclic) bond motifs is 1. The van der Waals surface area contributed by atoms with Gasteiger partial charge < -0.3 is 4.90 Å². The van der Waals surface area contributed by atoms with E-state index in [-0.39, 0.29) is 0 Å². The number of hydrogen-bond acceptors (Lipinski definition) is 7. The quantitative estimate of drug-likeness (QED) is 0.365. The van der Waals surface area contributed by atoms with Crippen molar-refractivity contribution in [2.75, 3.05) is 20.4 Å². The molecule has 9 heteroatoms. The molecule has 0 bridgehead atoms. The van der Waals surface area contributed by atoms with Crippen molar-refractivity contribution in [3.05, 3.63) is 72.7 Å². The molecule has 0 radical (unpaired) electrons. The third-order valence-corrected chi connectivity index (χ3v) is 8.40. The van der Waals surface area contributed by atoms with Crippen molar-refractivity contribution in [3.8, 4) is 33.0 Å². The van der Waals surface area contributed by atoms with Gasteiger partial charge in [-0.05, 0) is 49.5 Å². The van der Waals surface area contributed by atoms with Gasteiger partial charge in [0.2, 0.25) is 0 Å². The largest absolute Gasteiger partial charge is 0.305 e. The highest BCUT2D eigenvalue weighted by atomic mass is 32.2. The minimum absolute atomic E-state index is 0.320. The van der Waals surface area contributed by atoms with E-state index < -0.39 is 9.84 Å². The molecule has 1 N–H and O–H groups in total. The van der Waals surface area contributed by atoms with Crippen molar-refractivity contribution in [2.24, 2.45) is 0 Å². The molecule has 3 aromatic heterocycles. The fraction of sp³-hybridized carbons (Fsp3) is 0.160. The van der Waals surface area contributed by atoms with Crippen molar-refractivity contribution in [3.63, 3.8) is 0 Å². The molecule has 0 unspecified atom stereocenters. The number of aromatic nitrogens is 4. The lowest BCUT2D eigenvalue weighted by atomic mass is 9.99. The molecule has 172 valence electrons. The van der Waals surface area contributed by atoms with Crippen LogP contribution < -0.4 is 0 Å². The van der Waals surface area contributed by atoms with E-state index in [1.54, 1.807) is 12.1 Å². The van der Waals surface area contributed by atoms with Gasteiger partial charge in [-0.3, -0.25) is 5.10 Å². The van der Waals surface area contributed by atoms with E-state index >= 15 is 0 Å². The summed E-state index contributed by atoms with van der Waals surface area (Å²) in [5.74, 6) is 0. The molecule has 0 saturated heterocycles. The van der Waals surface area contributed by atoms with Gasteiger partial charge in [0.05, 0.1) is 21.8 Å². The molecule has 7 nitrogen and oxygen atoms in total. The molecule has 5 rings (SSSR count). The van der Waals surface area contributed by atoms with Crippen LogP contribution in [-0.2, 0) is 16.4 Å². The second-order valence-electron chi connectivity index (χ2n) is 8.43. The topological polar surface area (TPSA) is 91.8 Å². The molecule has 3 heterocycles. The summed E-state index contributed by atoms with van der Waals surface area (Å²) in [5.41, 5.74) is 6.59. The summed E-state index contributed by atoms with van der Waals surface area (Å²) in [6.07, 6.45) is 4.61. The van der Waals surface area contributed by atoms with E-state index in [2.05, 4.69) is 63.4 Å². The van der Waals surface area contributed by atoms with E-state index in [0.717, 1.165) is 44.7 Å². The number of thiophene rings is 1. The normalized spacial score (nSPS) is 12.0. The zero-order chi connectivity index (χ0) is 23.9. The number of aromatic amines is 1. The highest BCUT2D eigenvalue weighted by Gasteiger charge is 2.16. The lowest BCUT2D eigenvalue weighted by molar-refractivity contribution is 0.402. The summed E-state index contributed by atoms with van der Waals surface area (Å²) < 4.78 is 24.2. The van der Waals surface area contributed by atoms with Crippen LogP contribution in [0, 0.1) is 0 Å². The molecule has 34 heavy (non-hydrogen) atoms. The first kappa shape index (κ1) is 22.4. The average Bonchev–Trinajstić information content (AvgIpc) is 3.49.